The summed E-state index contributed by atoms with van der Waals surface area (Å²) in [5, 5.41) is 2.46. The third kappa shape index (κ3) is 8.37. The summed E-state index contributed by atoms with van der Waals surface area (Å²) in [6, 6.07) is 1.43. The van der Waals surface area contributed by atoms with E-state index in [0.29, 0.717) is 13.2 Å². The van der Waals surface area contributed by atoms with Gasteiger partial charge in [-0.05, 0) is 32.8 Å². The van der Waals surface area contributed by atoms with E-state index in [1.165, 1.54) is 12.3 Å². The van der Waals surface area contributed by atoms with Crippen LogP contribution >= 0.6 is 0 Å². The van der Waals surface area contributed by atoms with Gasteiger partial charge >= 0.3 is 11.9 Å². The first-order valence-electron chi connectivity index (χ1n) is 9.66. The molecule has 0 aliphatic heterocycles. The lowest BCUT2D eigenvalue weighted by Crippen LogP contribution is -2.32. The highest BCUT2D eigenvalue weighted by Crippen LogP contribution is 2.20. The minimum atomic E-state index is -0.589. The first-order valence-corrected chi connectivity index (χ1v) is 9.66. The van der Waals surface area contributed by atoms with Gasteiger partial charge in [-0.3, -0.25) is 9.59 Å². The van der Waals surface area contributed by atoms with Crippen molar-refractivity contribution < 1.29 is 28.6 Å². The lowest BCUT2D eigenvalue weighted by atomic mass is 10.2. The summed E-state index contributed by atoms with van der Waals surface area (Å²) in [7, 11) is 0. The molecule has 0 fully saturated rings. The predicted molar refractivity (Wildman–Crippen MR) is 103 cm³/mol. The van der Waals surface area contributed by atoms with Gasteiger partial charge in [0.15, 0.2) is 11.4 Å². The van der Waals surface area contributed by atoms with Crippen LogP contribution in [0.15, 0.2) is 12.3 Å². The number of carbonyl (C=O) groups is 3. The van der Waals surface area contributed by atoms with Crippen molar-refractivity contribution >= 4 is 17.8 Å². The Morgan fingerprint density at radius 1 is 1.07 bits per heavy atom. The smallest absolute Gasteiger partial charge is 0.339 e. The van der Waals surface area contributed by atoms with Crippen molar-refractivity contribution in [3.05, 3.63) is 23.5 Å². The average molecular weight is 394 g/mol. The molecule has 0 aromatic carbocycles. The number of ether oxygens (including phenoxy) is 3. The molecule has 0 saturated carbocycles. The number of amides is 1. The number of aromatic nitrogens is 1. The van der Waals surface area contributed by atoms with Gasteiger partial charge in [-0.25, -0.2) is 9.78 Å². The van der Waals surface area contributed by atoms with Crippen LogP contribution < -0.4 is 10.1 Å². The van der Waals surface area contributed by atoms with Gasteiger partial charge in [-0.15, -0.1) is 0 Å². The van der Waals surface area contributed by atoms with Crippen LogP contribution in [0.5, 0.6) is 5.75 Å². The molecular formula is C20H30N2O6. The zero-order chi connectivity index (χ0) is 20.9. The molecule has 0 spiro atoms. The quantitative estimate of drug-likeness (QED) is 0.429. The van der Waals surface area contributed by atoms with E-state index < -0.39 is 17.8 Å². The number of nitrogens with one attached hydrogen (secondary N) is 1. The Kier molecular flexibility index (Phi) is 10.6. The molecule has 0 saturated heterocycles. The first-order chi connectivity index (χ1) is 13.4. The number of hydrogen-bond acceptors (Lipinski definition) is 7. The Balaban J connectivity index is 2.81. The Bertz CT molecular complexity index is 660. The fourth-order valence-corrected chi connectivity index (χ4v) is 2.08. The molecule has 0 aliphatic carbocycles. The van der Waals surface area contributed by atoms with E-state index in [4.69, 9.17) is 14.2 Å². The molecule has 0 atom stereocenters. The monoisotopic (exact) mass is 394 g/mol. The molecule has 1 heterocycles. The molecule has 1 aromatic heterocycles. The van der Waals surface area contributed by atoms with Gasteiger partial charge < -0.3 is 19.5 Å². The third-order valence-electron chi connectivity index (χ3n) is 3.55. The van der Waals surface area contributed by atoms with E-state index in [1.807, 2.05) is 13.8 Å². The Hall–Kier alpha value is -2.64. The number of pyridine rings is 1. The normalized spacial score (nSPS) is 10.5. The molecule has 0 radical (unpaired) electrons. The summed E-state index contributed by atoms with van der Waals surface area (Å²) in [6.45, 7) is 7.93. The highest BCUT2D eigenvalue weighted by molar-refractivity contribution is 5.98. The SMILES string of the molecule is CCCCOC(=O)CNC(=O)c1ncc(C(=O)OCCCC)cc1OC(C)C. The summed E-state index contributed by atoms with van der Waals surface area (Å²) in [6.07, 6.45) is 4.38. The van der Waals surface area contributed by atoms with Crippen LogP contribution in [0.4, 0.5) is 0 Å². The minimum Gasteiger partial charge on any atom is -0.489 e. The summed E-state index contributed by atoms with van der Waals surface area (Å²) >= 11 is 0. The fourth-order valence-electron chi connectivity index (χ4n) is 2.08. The number of carbonyl (C=O) groups excluding carboxylic acids is 3. The lowest BCUT2D eigenvalue weighted by Gasteiger charge is -2.14. The van der Waals surface area contributed by atoms with Gasteiger partial charge in [0.05, 0.1) is 24.9 Å². The van der Waals surface area contributed by atoms with Crippen LogP contribution in [-0.2, 0) is 14.3 Å². The van der Waals surface area contributed by atoms with Gasteiger partial charge in [0.2, 0.25) is 0 Å². The number of nitrogens with zero attached hydrogens (tertiary/aromatic N) is 1. The van der Waals surface area contributed by atoms with Crippen LogP contribution in [0.2, 0.25) is 0 Å². The highest BCUT2D eigenvalue weighted by atomic mass is 16.5. The van der Waals surface area contributed by atoms with E-state index in [2.05, 4.69) is 10.3 Å². The number of esters is 2. The summed E-state index contributed by atoms with van der Waals surface area (Å²) in [5.41, 5.74) is 0.183. The van der Waals surface area contributed by atoms with Crippen molar-refractivity contribution in [3.8, 4) is 5.75 Å². The van der Waals surface area contributed by atoms with Gasteiger partial charge in [0.25, 0.3) is 5.91 Å². The largest absolute Gasteiger partial charge is 0.489 e. The lowest BCUT2D eigenvalue weighted by molar-refractivity contribution is -0.142. The molecule has 28 heavy (non-hydrogen) atoms. The number of hydrogen-bond donors (Lipinski definition) is 1. The van der Waals surface area contributed by atoms with Crippen LogP contribution in [0.3, 0.4) is 0 Å². The van der Waals surface area contributed by atoms with Crippen molar-refractivity contribution in [3.63, 3.8) is 0 Å². The van der Waals surface area contributed by atoms with Crippen LogP contribution in [-0.4, -0.2) is 48.7 Å². The second-order valence-corrected chi connectivity index (χ2v) is 6.48. The van der Waals surface area contributed by atoms with Gasteiger partial charge in [0, 0.05) is 6.20 Å². The first kappa shape index (κ1) is 23.4. The maximum absolute atomic E-state index is 12.4. The second-order valence-electron chi connectivity index (χ2n) is 6.48. The molecule has 8 heteroatoms. The summed E-state index contributed by atoms with van der Waals surface area (Å²) < 4.78 is 15.8. The van der Waals surface area contributed by atoms with Crippen LogP contribution in [0, 0.1) is 0 Å². The zero-order valence-corrected chi connectivity index (χ0v) is 17.1. The number of rotatable bonds is 12. The molecule has 8 nitrogen and oxygen atoms in total. The molecule has 1 amide bonds. The molecular weight excluding hydrogens is 364 g/mol. The van der Waals surface area contributed by atoms with Crippen molar-refractivity contribution in [2.75, 3.05) is 19.8 Å². The van der Waals surface area contributed by atoms with E-state index in [1.54, 1.807) is 13.8 Å². The summed E-state index contributed by atoms with van der Waals surface area (Å²) in [4.78, 5) is 40.2. The maximum atomic E-state index is 12.4. The predicted octanol–water partition coefficient (Wildman–Crippen LogP) is 2.90. The van der Waals surface area contributed by atoms with Gasteiger partial charge in [0.1, 0.15) is 6.54 Å². The maximum Gasteiger partial charge on any atom is 0.339 e. The van der Waals surface area contributed by atoms with Crippen molar-refractivity contribution in [1.29, 1.82) is 0 Å². The molecule has 1 aromatic rings. The molecule has 0 bridgehead atoms. The van der Waals surface area contributed by atoms with Crippen LogP contribution in [0.1, 0.15) is 74.2 Å². The van der Waals surface area contributed by atoms with Crippen molar-refractivity contribution in [1.82, 2.24) is 10.3 Å². The molecule has 0 unspecified atom stereocenters. The topological polar surface area (TPSA) is 104 Å². The van der Waals surface area contributed by atoms with E-state index in [0.717, 1.165) is 25.7 Å². The van der Waals surface area contributed by atoms with Crippen molar-refractivity contribution in [2.45, 2.75) is 59.5 Å². The third-order valence-corrected chi connectivity index (χ3v) is 3.55. The van der Waals surface area contributed by atoms with Crippen molar-refractivity contribution in [2.24, 2.45) is 0 Å². The molecule has 1 rings (SSSR count). The second kappa shape index (κ2) is 12.7. The van der Waals surface area contributed by atoms with E-state index in [9.17, 15) is 14.4 Å². The highest BCUT2D eigenvalue weighted by Gasteiger charge is 2.20. The Morgan fingerprint density at radius 2 is 1.71 bits per heavy atom. The standard InChI is InChI=1S/C20H30N2O6/c1-5-7-9-26-17(23)13-22-19(24)18-16(28-14(3)4)11-15(12-21-18)20(25)27-10-8-6-2/h11-12,14H,5-10,13H2,1-4H3,(H,22,24). The minimum absolute atomic E-state index is 0.0137. The van der Waals surface area contributed by atoms with Gasteiger partial charge in [-0.1, -0.05) is 26.7 Å². The van der Waals surface area contributed by atoms with E-state index in [-0.39, 0.29) is 29.7 Å². The number of unbranched alkanes of at least 4 members (excludes halogenated alkanes) is 2. The fraction of sp³-hybridized carbons (Fsp3) is 0.600. The molecule has 156 valence electrons. The van der Waals surface area contributed by atoms with E-state index >= 15 is 0 Å². The molecule has 0 aliphatic rings. The Labute approximate surface area is 166 Å². The van der Waals surface area contributed by atoms with Crippen LogP contribution in [0.25, 0.3) is 0 Å². The molecule has 1 N–H and O–H groups in total. The van der Waals surface area contributed by atoms with Gasteiger partial charge in [-0.2, -0.15) is 0 Å². The Morgan fingerprint density at radius 3 is 2.32 bits per heavy atom. The average Bonchev–Trinajstić information content (AvgIpc) is 2.66. The summed E-state index contributed by atoms with van der Waals surface area (Å²) in [5.74, 6) is -1.49. The zero-order valence-electron chi connectivity index (χ0n) is 17.1.